The van der Waals surface area contributed by atoms with Crippen LogP contribution < -0.4 is 10.5 Å². The summed E-state index contributed by atoms with van der Waals surface area (Å²) in [6, 6.07) is 1.91. The zero-order chi connectivity index (χ0) is 13.8. The van der Waals surface area contributed by atoms with Crippen molar-refractivity contribution in [1.82, 2.24) is 0 Å². The van der Waals surface area contributed by atoms with Gasteiger partial charge in [-0.1, -0.05) is 11.6 Å². The zero-order valence-corrected chi connectivity index (χ0v) is 10.7. The molecule has 0 bridgehead atoms. The number of unbranched alkanes of at least 4 members (excludes halogenated alkanes) is 1. The van der Waals surface area contributed by atoms with Crippen molar-refractivity contribution in [3.8, 4) is 5.75 Å². The minimum Gasteiger partial charge on any atom is -0.496 e. The van der Waals surface area contributed by atoms with Crippen LogP contribution in [-0.4, -0.2) is 13.7 Å². The van der Waals surface area contributed by atoms with E-state index in [1.807, 2.05) is 0 Å². The molecule has 102 valence electrons. The summed E-state index contributed by atoms with van der Waals surface area (Å²) in [4.78, 5) is 0. The van der Waals surface area contributed by atoms with Crippen molar-refractivity contribution in [3.05, 3.63) is 28.3 Å². The normalized spacial score (nSPS) is 11.7. The molecule has 6 heteroatoms. The van der Waals surface area contributed by atoms with Gasteiger partial charge in [0.05, 0.1) is 12.7 Å². The van der Waals surface area contributed by atoms with Gasteiger partial charge in [0, 0.05) is 10.6 Å². The molecule has 0 saturated heterocycles. The lowest BCUT2D eigenvalue weighted by molar-refractivity contribution is -0.137. The molecule has 0 amide bonds. The fraction of sp³-hybridized carbons (Fsp3) is 0.500. The van der Waals surface area contributed by atoms with Crippen molar-refractivity contribution in [3.63, 3.8) is 0 Å². The summed E-state index contributed by atoms with van der Waals surface area (Å²) >= 11 is 5.89. The molecule has 1 aromatic rings. The van der Waals surface area contributed by atoms with E-state index in [1.54, 1.807) is 0 Å². The first-order valence-electron chi connectivity index (χ1n) is 5.53. The quantitative estimate of drug-likeness (QED) is 0.836. The first kappa shape index (κ1) is 15.1. The summed E-state index contributed by atoms with van der Waals surface area (Å²) in [6.07, 6.45) is -2.32. The highest BCUT2D eigenvalue weighted by Crippen LogP contribution is 2.37. The molecular weight excluding hydrogens is 267 g/mol. The number of benzene rings is 1. The molecule has 0 atom stereocenters. The molecule has 1 aromatic carbocycles. The van der Waals surface area contributed by atoms with Crippen LogP contribution in [0.5, 0.6) is 5.75 Å². The number of halogens is 4. The van der Waals surface area contributed by atoms with Gasteiger partial charge >= 0.3 is 6.18 Å². The Bertz CT molecular complexity index is 407. The van der Waals surface area contributed by atoms with Gasteiger partial charge < -0.3 is 10.5 Å². The van der Waals surface area contributed by atoms with Crippen molar-refractivity contribution in [2.24, 2.45) is 5.73 Å². The third-order valence-electron chi connectivity index (χ3n) is 2.58. The fourth-order valence-electron chi connectivity index (χ4n) is 1.65. The minimum absolute atomic E-state index is 0.0821. The van der Waals surface area contributed by atoms with Crippen molar-refractivity contribution in [2.45, 2.75) is 25.4 Å². The van der Waals surface area contributed by atoms with Gasteiger partial charge in [0.2, 0.25) is 0 Å². The maximum atomic E-state index is 12.6. The van der Waals surface area contributed by atoms with Crippen LogP contribution in [0.1, 0.15) is 24.0 Å². The highest BCUT2D eigenvalue weighted by molar-refractivity contribution is 6.31. The van der Waals surface area contributed by atoms with E-state index in [-0.39, 0.29) is 10.8 Å². The van der Waals surface area contributed by atoms with Crippen LogP contribution in [0.4, 0.5) is 13.2 Å². The smallest absolute Gasteiger partial charge is 0.416 e. The average molecular weight is 282 g/mol. The Morgan fingerprint density at radius 3 is 2.44 bits per heavy atom. The summed E-state index contributed by atoms with van der Waals surface area (Å²) in [5, 5.41) is 0.0821. The summed E-state index contributed by atoms with van der Waals surface area (Å²) in [7, 11) is 1.33. The van der Waals surface area contributed by atoms with Crippen molar-refractivity contribution >= 4 is 11.6 Å². The molecule has 0 fully saturated rings. The highest BCUT2D eigenvalue weighted by atomic mass is 35.5. The van der Waals surface area contributed by atoms with Crippen LogP contribution in [-0.2, 0) is 12.6 Å². The predicted molar refractivity (Wildman–Crippen MR) is 65.0 cm³/mol. The second kappa shape index (κ2) is 6.29. The molecule has 0 aliphatic heterocycles. The molecule has 0 aromatic heterocycles. The Hall–Kier alpha value is -0.940. The lowest BCUT2D eigenvalue weighted by Gasteiger charge is -2.14. The standard InChI is InChI=1S/C12H15ClF3NO/c1-18-11-7-8(12(14,15)16)6-10(13)9(11)4-2-3-5-17/h6-7H,2-5,17H2,1H3. The van der Waals surface area contributed by atoms with Gasteiger partial charge in [0.1, 0.15) is 5.75 Å². The van der Waals surface area contributed by atoms with E-state index in [0.717, 1.165) is 25.0 Å². The van der Waals surface area contributed by atoms with E-state index >= 15 is 0 Å². The largest absolute Gasteiger partial charge is 0.496 e. The summed E-state index contributed by atoms with van der Waals surface area (Å²) < 4.78 is 42.8. The van der Waals surface area contributed by atoms with Crippen molar-refractivity contribution in [2.75, 3.05) is 13.7 Å². The molecule has 0 saturated carbocycles. The monoisotopic (exact) mass is 281 g/mol. The fourth-order valence-corrected chi connectivity index (χ4v) is 1.95. The van der Waals surface area contributed by atoms with E-state index in [0.29, 0.717) is 18.5 Å². The summed E-state index contributed by atoms with van der Waals surface area (Å²) in [5.74, 6) is 0.173. The Labute approximate surface area is 109 Å². The Kier molecular flexibility index (Phi) is 5.28. The highest BCUT2D eigenvalue weighted by Gasteiger charge is 2.32. The summed E-state index contributed by atoms with van der Waals surface area (Å²) in [5.41, 5.74) is 5.17. The maximum Gasteiger partial charge on any atom is 0.416 e. The molecule has 0 radical (unpaired) electrons. The first-order valence-corrected chi connectivity index (χ1v) is 5.91. The number of ether oxygens (including phenoxy) is 1. The number of hydrogen-bond donors (Lipinski definition) is 1. The Balaban J connectivity index is 3.04. The van der Waals surface area contributed by atoms with Gasteiger partial charge in [-0.15, -0.1) is 0 Å². The molecule has 0 heterocycles. The predicted octanol–water partition coefficient (Wildman–Crippen LogP) is 3.65. The van der Waals surface area contributed by atoms with Crippen LogP contribution >= 0.6 is 11.6 Å². The minimum atomic E-state index is -4.42. The molecule has 1 rings (SSSR count). The zero-order valence-electron chi connectivity index (χ0n) is 9.98. The van der Waals surface area contributed by atoms with Crippen LogP contribution in [0.25, 0.3) is 0 Å². The number of methoxy groups -OCH3 is 1. The van der Waals surface area contributed by atoms with E-state index in [2.05, 4.69) is 0 Å². The van der Waals surface area contributed by atoms with Crippen molar-refractivity contribution < 1.29 is 17.9 Å². The van der Waals surface area contributed by atoms with E-state index in [1.165, 1.54) is 7.11 Å². The third kappa shape index (κ3) is 3.78. The molecule has 0 unspecified atom stereocenters. The summed E-state index contributed by atoms with van der Waals surface area (Å²) in [6.45, 7) is 0.542. The van der Waals surface area contributed by atoms with Gasteiger partial charge in [-0.05, 0) is 37.9 Å². The molecule has 18 heavy (non-hydrogen) atoms. The van der Waals surface area contributed by atoms with Crippen LogP contribution in [0.2, 0.25) is 5.02 Å². The van der Waals surface area contributed by atoms with Gasteiger partial charge in [-0.3, -0.25) is 0 Å². The number of nitrogens with two attached hydrogens (primary N) is 1. The lowest BCUT2D eigenvalue weighted by Crippen LogP contribution is -2.07. The molecule has 0 aliphatic carbocycles. The number of hydrogen-bond acceptors (Lipinski definition) is 2. The molecular formula is C12H15ClF3NO. The van der Waals surface area contributed by atoms with Crippen LogP contribution in [0, 0.1) is 0 Å². The lowest BCUT2D eigenvalue weighted by atomic mass is 10.0. The molecule has 2 nitrogen and oxygen atoms in total. The SMILES string of the molecule is COc1cc(C(F)(F)F)cc(Cl)c1CCCCN. The van der Waals surface area contributed by atoms with E-state index < -0.39 is 11.7 Å². The number of alkyl halides is 3. The second-order valence-electron chi connectivity index (χ2n) is 3.88. The van der Waals surface area contributed by atoms with Crippen molar-refractivity contribution in [1.29, 1.82) is 0 Å². The molecule has 0 aliphatic rings. The van der Waals surface area contributed by atoms with E-state index in [9.17, 15) is 13.2 Å². The van der Waals surface area contributed by atoms with Gasteiger partial charge in [0.15, 0.2) is 0 Å². The molecule has 2 N–H and O–H groups in total. The average Bonchev–Trinajstić information content (AvgIpc) is 2.29. The topological polar surface area (TPSA) is 35.2 Å². The van der Waals surface area contributed by atoms with Gasteiger partial charge in [-0.25, -0.2) is 0 Å². The second-order valence-corrected chi connectivity index (χ2v) is 4.29. The van der Waals surface area contributed by atoms with Gasteiger partial charge in [0.25, 0.3) is 0 Å². The maximum absolute atomic E-state index is 12.6. The van der Waals surface area contributed by atoms with E-state index in [4.69, 9.17) is 22.1 Å². The Morgan fingerprint density at radius 2 is 1.94 bits per heavy atom. The number of rotatable bonds is 5. The third-order valence-corrected chi connectivity index (χ3v) is 2.92. The first-order chi connectivity index (χ1) is 8.40. The Morgan fingerprint density at radius 1 is 1.28 bits per heavy atom. The van der Waals surface area contributed by atoms with Gasteiger partial charge in [-0.2, -0.15) is 13.2 Å². The molecule has 0 spiro atoms. The van der Waals surface area contributed by atoms with Crippen LogP contribution in [0.15, 0.2) is 12.1 Å². The van der Waals surface area contributed by atoms with Crippen LogP contribution in [0.3, 0.4) is 0 Å².